The van der Waals surface area contributed by atoms with Gasteiger partial charge in [0.05, 0.1) is 4.90 Å². The molecule has 1 unspecified atom stereocenters. The average Bonchev–Trinajstić information content (AvgIpc) is 2.44. The minimum absolute atomic E-state index is 0.263. The number of halogens is 2. The first-order valence-corrected chi connectivity index (χ1v) is 8.81. The van der Waals surface area contributed by atoms with Gasteiger partial charge in [0.25, 0.3) is 0 Å². The van der Waals surface area contributed by atoms with Gasteiger partial charge in [0.15, 0.2) is 0 Å². The molecule has 0 amide bonds. The van der Waals surface area contributed by atoms with Crippen molar-refractivity contribution in [1.82, 2.24) is 0 Å². The van der Waals surface area contributed by atoms with Crippen LogP contribution in [0.3, 0.4) is 0 Å². The molecule has 120 valence electrons. The van der Waals surface area contributed by atoms with Crippen molar-refractivity contribution in [2.75, 3.05) is 5.32 Å². The molecule has 0 aromatic heterocycles. The van der Waals surface area contributed by atoms with Crippen LogP contribution < -0.4 is 5.32 Å². The zero-order valence-corrected chi connectivity index (χ0v) is 13.3. The molecule has 0 fully saturated rings. The van der Waals surface area contributed by atoms with Gasteiger partial charge in [0.2, 0.25) is 9.84 Å². The second-order valence-corrected chi connectivity index (χ2v) is 7.14. The topological polar surface area (TPSA) is 46.2 Å². The van der Waals surface area contributed by atoms with Crippen molar-refractivity contribution in [3.63, 3.8) is 0 Å². The van der Waals surface area contributed by atoms with Crippen molar-refractivity contribution < 1.29 is 17.2 Å². The number of sulfone groups is 1. The van der Waals surface area contributed by atoms with E-state index < -0.39 is 15.6 Å². The predicted octanol–water partition coefficient (Wildman–Crippen LogP) is 4.45. The lowest BCUT2D eigenvalue weighted by molar-refractivity contribution is 0.234. The summed E-state index contributed by atoms with van der Waals surface area (Å²) in [6, 6.07) is 5.75. The fourth-order valence-electron chi connectivity index (χ4n) is 2.08. The van der Waals surface area contributed by atoms with Crippen LogP contribution in [-0.2, 0) is 9.84 Å². The number of hydrogen-bond acceptors (Lipinski definition) is 3. The maximum absolute atomic E-state index is 12.4. The Morgan fingerprint density at radius 2 is 1.71 bits per heavy atom. The molecule has 0 bridgehead atoms. The van der Waals surface area contributed by atoms with Gasteiger partial charge >= 0.3 is 5.76 Å². The zero-order chi connectivity index (χ0) is 15.9. The number of benzene rings is 1. The average molecular weight is 319 g/mol. The molecule has 0 heterocycles. The summed E-state index contributed by atoms with van der Waals surface area (Å²) in [5.74, 6) is -3.38. The maximum atomic E-state index is 12.4. The van der Waals surface area contributed by atoms with Crippen LogP contribution >= 0.6 is 0 Å². The minimum Gasteiger partial charge on any atom is -0.383 e. The first-order valence-electron chi connectivity index (χ1n) is 7.26. The summed E-state index contributed by atoms with van der Waals surface area (Å²) in [4.78, 5) is -0.348. The molecular formula is C15H23F2NO2S. The van der Waals surface area contributed by atoms with E-state index in [4.69, 9.17) is 0 Å². The molecule has 0 aliphatic rings. The van der Waals surface area contributed by atoms with Crippen LogP contribution in [0.25, 0.3) is 0 Å². The third kappa shape index (κ3) is 5.61. The lowest BCUT2D eigenvalue weighted by Crippen LogP contribution is -2.15. The Balaban J connectivity index is 2.55. The first-order chi connectivity index (χ1) is 9.87. The molecule has 21 heavy (non-hydrogen) atoms. The number of alkyl halides is 2. The third-order valence-corrected chi connectivity index (χ3v) is 4.72. The van der Waals surface area contributed by atoms with Crippen LogP contribution in [0.15, 0.2) is 29.2 Å². The monoisotopic (exact) mass is 319 g/mol. The highest BCUT2D eigenvalue weighted by molar-refractivity contribution is 7.91. The van der Waals surface area contributed by atoms with E-state index in [9.17, 15) is 17.2 Å². The minimum atomic E-state index is -4.50. The summed E-state index contributed by atoms with van der Waals surface area (Å²) in [5.41, 5.74) is 0.742. The molecule has 1 aromatic rings. The summed E-state index contributed by atoms with van der Waals surface area (Å²) in [5, 5.41) is 3.24. The molecule has 0 radical (unpaired) electrons. The summed E-state index contributed by atoms with van der Waals surface area (Å²) in [7, 11) is -4.50. The van der Waals surface area contributed by atoms with Gasteiger partial charge in [-0.2, -0.15) is 8.78 Å². The second kappa shape index (κ2) is 8.32. The SMILES string of the molecule is CCCCCCC(C)Nc1ccc(S(=O)(=O)C(F)F)cc1. The highest BCUT2D eigenvalue weighted by Gasteiger charge is 2.26. The fourth-order valence-corrected chi connectivity index (χ4v) is 2.80. The second-order valence-electron chi connectivity index (χ2n) is 5.22. The number of anilines is 1. The van der Waals surface area contributed by atoms with Crippen LogP contribution in [0.4, 0.5) is 14.5 Å². The van der Waals surface area contributed by atoms with Gasteiger partial charge in [-0.25, -0.2) is 8.42 Å². The summed E-state index contributed by atoms with van der Waals surface area (Å²) in [6.07, 6.45) is 5.79. The van der Waals surface area contributed by atoms with Crippen molar-refractivity contribution in [1.29, 1.82) is 0 Å². The molecule has 0 saturated heterocycles. The van der Waals surface area contributed by atoms with E-state index in [0.717, 1.165) is 18.5 Å². The number of nitrogens with one attached hydrogen (secondary N) is 1. The van der Waals surface area contributed by atoms with Gasteiger partial charge in [-0.3, -0.25) is 0 Å². The Morgan fingerprint density at radius 3 is 2.24 bits per heavy atom. The highest BCUT2D eigenvalue weighted by atomic mass is 32.2. The van der Waals surface area contributed by atoms with Crippen molar-refractivity contribution in [2.45, 2.75) is 62.6 Å². The van der Waals surface area contributed by atoms with Gasteiger partial charge in [-0.1, -0.05) is 32.6 Å². The lowest BCUT2D eigenvalue weighted by Gasteiger charge is -2.15. The molecule has 0 aliphatic heterocycles. The van der Waals surface area contributed by atoms with Gasteiger partial charge in [-0.05, 0) is 37.6 Å². The van der Waals surface area contributed by atoms with Crippen LogP contribution in [0, 0.1) is 0 Å². The number of unbranched alkanes of at least 4 members (excludes halogenated alkanes) is 3. The van der Waals surface area contributed by atoms with Gasteiger partial charge < -0.3 is 5.32 Å². The standard InChI is InChI=1S/C15H23F2NO2S/c1-3-4-5-6-7-12(2)18-13-8-10-14(11-9-13)21(19,20)15(16)17/h8-12,15,18H,3-7H2,1-2H3. The van der Waals surface area contributed by atoms with Gasteiger partial charge in [0, 0.05) is 11.7 Å². The van der Waals surface area contributed by atoms with E-state index in [1.54, 1.807) is 0 Å². The molecule has 1 aromatic carbocycles. The molecule has 6 heteroatoms. The maximum Gasteiger partial charge on any atom is 0.341 e. The Kier molecular flexibility index (Phi) is 7.08. The van der Waals surface area contributed by atoms with E-state index >= 15 is 0 Å². The molecular weight excluding hydrogens is 296 g/mol. The van der Waals surface area contributed by atoms with E-state index in [-0.39, 0.29) is 10.9 Å². The quantitative estimate of drug-likeness (QED) is 0.684. The Bertz CT molecular complexity index is 515. The molecule has 1 N–H and O–H groups in total. The van der Waals surface area contributed by atoms with E-state index in [1.165, 1.54) is 43.5 Å². The van der Waals surface area contributed by atoms with Crippen molar-refractivity contribution in [3.8, 4) is 0 Å². The molecule has 0 aliphatic carbocycles. The summed E-state index contributed by atoms with van der Waals surface area (Å²) < 4.78 is 47.4. The zero-order valence-electron chi connectivity index (χ0n) is 12.5. The Hall–Kier alpha value is -1.17. The van der Waals surface area contributed by atoms with E-state index in [1.807, 2.05) is 0 Å². The largest absolute Gasteiger partial charge is 0.383 e. The lowest BCUT2D eigenvalue weighted by atomic mass is 10.1. The third-order valence-electron chi connectivity index (χ3n) is 3.32. The van der Waals surface area contributed by atoms with Gasteiger partial charge in [-0.15, -0.1) is 0 Å². The number of rotatable bonds is 9. The number of hydrogen-bond donors (Lipinski definition) is 1. The van der Waals surface area contributed by atoms with Crippen LogP contribution in [0.1, 0.15) is 46.0 Å². The first kappa shape index (κ1) is 17.9. The summed E-state index contributed by atoms with van der Waals surface area (Å²) in [6.45, 7) is 4.21. The van der Waals surface area contributed by atoms with E-state index in [2.05, 4.69) is 19.2 Å². The molecule has 3 nitrogen and oxygen atoms in total. The van der Waals surface area contributed by atoms with Crippen molar-refractivity contribution in [2.24, 2.45) is 0 Å². The Labute approximate surface area is 125 Å². The molecule has 0 spiro atoms. The van der Waals surface area contributed by atoms with Gasteiger partial charge in [0.1, 0.15) is 0 Å². The predicted molar refractivity (Wildman–Crippen MR) is 81.5 cm³/mol. The highest BCUT2D eigenvalue weighted by Crippen LogP contribution is 2.21. The smallest absolute Gasteiger partial charge is 0.341 e. The van der Waals surface area contributed by atoms with Crippen molar-refractivity contribution >= 4 is 15.5 Å². The van der Waals surface area contributed by atoms with E-state index in [0.29, 0.717) is 0 Å². The summed E-state index contributed by atoms with van der Waals surface area (Å²) >= 11 is 0. The normalized spacial score (nSPS) is 13.4. The van der Waals surface area contributed by atoms with Crippen LogP contribution in [0.5, 0.6) is 0 Å². The molecule has 0 saturated carbocycles. The van der Waals surface area contributed by atoms with Crippen LogP contribution in [0.2, 0.25) is 0 Å². The molecule has 1 atom stereocenters. The fraction of sp³-hybridized carbons (Fsp3) is 0.600. The van der Waals surface area contributed by atoms with Crippen LogP contribution in [-0.4, -0.2) is 20.2 Å². The molecule has 1 rings (SSSR count). The Morgan fingerprint density at radius 1 is 1.10 bits per heavy atom. The van der Waals surface area contributed by atoms with Crippen molar-refractivity contribution in [3.05, 3.63) is 24.3 Å².